The van der Waals surface area contributed by atoms with Gasteiger partial charge in [-0.1, -0.05) is 123 Å². The van der Waals surface area contributed by atoms with Crippen molar-refractivity contribution in [3.05, 3.63) is 137 Å². The van der Waals surface area contributed by atoms with Crippen molar-refractivity contribution < 1.29 is 13.9 Å². The predicted octanol–water partition coefficient (Wildman–Crippen LogP) is 12.4. The van der Waals surface area contributed by atoms with Crippen LogP contribution in [0.3, 0.4) is 0 Å². The average molecular weight is 777 g/mol. The monoisotopic (exact) mass is 776 g/mol. The molecule has 3 aliphatic rings. The van der Waals surface area contributed by atoms with E-state index in [1.165, 1.54) is 50.1 Å². The number of aryl methyl sites for hydroxylation is 2. The summed E-state index contributed by atoms with van der Waals surface area (Å²) < 4.78 is 19.5. The zero-order valence-electron chi connectivity index (χ0n) is 36.3. The fraction of sp³-hybridized carbons (Fsp3) is 0.283. The van der Waals surface area contributed by atoms with Gasteiger partial charge in [-0.2, -0.15) is 0 Å². The first-order valence-corrected chi connectivity index (χ1v) is 21.0. The molecule has 1 aromatic heterocycles. The minimum Gasteiger partial charge on any atom is -0.468 e. The van der Waals surface area contributed by atoms with Crippen LogP contribution in [0.4, 0.5) is 34.1 Å². The summed E-state index contributed by atoms with van der Waals surface area (Å²) in [5, 5.41) is 1.12. The molecule has 0 N–H and O–H groups in total. The molecule has 7 aromatic rings. The average Bonchev–Trinajstić information content (AvgIpc) is 3.81. The molecule has 6 aromatic carbocycles. The lowest BCUT2D eigenvalue weighted by molar-refractivity contribution is 0.174. The van der Waals surface area contributed by atoms with E-state index in [2.05, 4.69) is 195 Å². The van der Waals surface area contributed by atoms with Gasteiger partial charge in [0.25, 0.3) is 6.71 Å². The molecule has 0 amide bonds. The van der Waals surface area contributed by atoms with Crippen LogP contribution in [0.1, 0.15) is 90.1 Å². The summed E-state index contributed by atoms with van der Waals surface area (Å²) >= 11 is 0. The quantitative estimate of drug-likeness (QED) is 0.167. The fourth-order valence-corrected chi connectivity index (χ4v) is 9.55. The van der Waals surface area contributed by atoms with E-state index in [9.17, 15) is 0 Å². The minimum atomic E-state index is -0.206. The van der Waals surface area contributed by atoms with Gasteiger partial charge in [-0.3, -0.25) is 0 Å². The molecule has 0 saturated carbocycles. The van der Waals surface area contributed by atoms with E-state index in [0.29, 0.717) is 0 Å². The SMILES string of the molecule is Cc1cc(C(C)(C)C)cc(C)c1N1c2cccc3c2B(c2cc4c(cc2N3c2ccc(C(C)(C)C)cc2-c2ccccc2)OCO4)c2oc3ccc(C(C)(C)C)cc3c21. The molecule has 0 fully saturated rings. The third-order valence-electron chi connectivity index (χ3n) is 12.7. The summed E-state index contributed by atoms with van der Waals surface area (Å²) in [6, 6.07) is 40.6. The molecule has 5 nitrogen and oxygen atoms in total. The first-order valence-electron chi connectivity index (χ1n) is 21.0. The van der Waals surface area contributed by atoms with Gasteiger partial charge in [0.05, 0.1) is 22.7 Å². The first-order chi connectivity index (χ1) is 28.0. The van der Waals surface area contributed by atoms with Crippen LogP contribution in [-0.2, 0) is 16.2 Å². The van der Waals surface area contributed by atoms with Crippen molar-refractivity contribution in [2.75, 3.05) is 16.6 Å². The molecule has 10 rings (SSSR count). The van der Waals surface area contributed by atoms with E-state index in [1.54, 1.807) is 0 Å². The Labute approximate surface area is 349 Å². The van der Waals surface area contributed by atoms with Gasteiger partial charge in [0.2, 0.25) is 6.79 Å². The van der Waals surface area contributed by atoms with Crippen LogP contribution in [0.5, 0.6) is 11.5 Å². The maximum atomic E-state index is 7.25. The Morgan fingerprint density at radius 2 is 1.14 bits per heavy atom. The van der Waals surface area contributed by atoms with Gasteiger partial charge in [0, 0.05) is 34.1 Å². The smallest absolute Gasteiger partial charge is 0.297 e. The topological polar surface area (TPSA) is 38.1 Å². The molecule has 0 bridgehead atoms. The van der Waals surface area contributed by atoms with Crippen molar-refractivity contribution in [2.45, 2.75) is 92.4 Å². The highest BCUT2D eigenvalue weighted by Crippen LogP contribution is 2.51. The maximum absolute atomic E-state index is 7.25. The van der Waals surface area contributed by atoms with Gasteiger partial charge < -0.3 is 23.7 Å². The Kier molecular flexibility index (Phi) is 8.12. The summed E-state index contributed by atoms with van der Waals surface area (Å²) in [4.78, 5) is 4.99. The van der Waals surface area contributed by atoms with E-state index in [1.807, 2.05) is 0 Å². The van der Waals surface area contributed by atoms with E-state index >= 15 is 0 Å². The number of fused-ring (bicyclic) bond motifs is 7. The van der Waals surface area contributed by atoms with Gasteiger partial charge >= 0.3 is 0 Å². The van der Waals surface area contributed by atoms with Crippen LogP contribution in [0.2, 0.25) is 0 Å². The van der Waals surface area contributed by atoms with E-state index in [-0.39, 0.29) is 29.8 Å². The van der Waals surface area contributed by atoms with Crippen molar-refractivity contribution in [3.8, 4) is 22.6 Å². The highest BCUT2D eigenvalue weighted by molar-refractivity contribution is 7.00. The van der Waals surface area contributed by atoms with Gasteiger partial charge in [0.15, 0.2) is 11.5 Å². The van der Waals surface area contributed by atoms with Crippen molar-refractivity contribution >= 4 is 68.4 Å². The van der Waals surface area contributed by atoms with Crippen molar-refractivity contribution in [3.63, 3.8) is 0 Å². The largest absolute Gasteiger partial charge is 0.468 e. The van der Waals surface area contributed by atoms with E-state index < -0.39 is 0 Å². The first kappa shape index (κ1) is 37.4. The molecule has 6 heteroatoms. The lowest BCUT2D eigenvalue weighted by Gasteiger charge is -2.43. The minimum absolute atomic E-state index is 0.0112. The number of nitrogens with zero attached hydrogens (tertiary/aromatic N) is 2. The van der Waals surface area contributed by atoms with E-state index in [0.717, 1.165) is 62.0 Å². The van der Waals surface area contributed by atoms with E-state index in [4.69, 9.17) is 13.9 Å². The number of anilines is 6. The molecule has 4 heterocycles. The van der Waals surface area contributed by atoms with Crippen LogP contribution in [0.25, 0.3) is 22.1 Å². The van der Waals surface area contributed by atoms with Crippen LogP contribution >= 0.6 is 0 Å². The summed E-state index contributed by atoms with van der Waals surface area (Å²) in [6.45, 7) is 25.1. The van der Waals surface area contributed by atoms with Gasteiger partial charge in [-0.15, -0.1) is 0 Å². The zero-order chi connectivity index (χ0) is 41.3. The predicted molar refractivity (Wildman–Crippen MR) is 247 cm³/mol. The highest BCUT2D eigenvalue weighted by Gasteiger charge is 2.48. The lowest BCUT2D eigenvalue weighted by atomic mass is 9.35. The Morgan fingerprint density at radius 3 is 1.80 bits per heavy atom. The van der Waals surface area contributed by atoms with Gasteiger partial charge in [0.1, 0.15) is 5.58 Å². The molecule has 0 saturated heterocycles. The fourth-order valence-electron chi connectivity index (χ4n) is 9.55. The third-order valence-corrected chi connectivity index (χ3v) is 12.7. The molecule has 0 unspecified atom stereocenters. The van der Waals surface area contributed by atoms with Gasteiger partial charge in [-0.05, 0) is 117 Å². The zero-order valence-corrected chi connectivity index (χ0v) is 36.3. The number of rotatable bonds is 3. The molecule has 59 heavy (non-hydrogen) atoms. The molecule has 0 spiro atoms. The number of furan rings is 1. The van der Waals surface area contributed by atoms with Crippen LogP contribution in [0, 0.1) is 13.8 Å². The van der Waals surface area contributed by atoms with Gasteiger partial charge in [-0.25, -0.2) is 0 Å². The Hall–Kier alpha value is -5.88. The normalized spacial score (nSPS) is 14.5. The van der Waals surface area contributed by atoms with Crippen molar-refractivity contribution in [2.24, 2.45) is 0 Å². The lowest BCUT2D eigenvalue weighted by Crippen LogP contribution is -2.61. The molecular weight excluding hydrogens is 723 g/mol. The third kappa shape index (κ3) is 5.81. The number of ether oxygens (including phenoxy) is 2. The second-order valence-electron chi connectivity index (χ2n) is 19.9. The Balaban J connectivity index is 1.32. The summed E-state index contributed by atoms with van der Waals surface area (Å²) in [7, 11) is 0. The summed E-state index contributed by atoms with van der Waals surface area (Å²) in [5.41, 5.74) is 19.5. The van der Waals surface area contributed by atoms with Crippen LogP contribution in [-0.4, -0.2) is 13.5 Å². The molecule has 0 atom stereocenters. The number of hydrogen-bond acceptors (Lipinski definition) is 5. The highest BCUT2D eigenvalue weighted by atomic mass is 16.7. The summed E-state index contributed by atoms with van der Waals surface area (Å²) in [5.74, 6) is 1.51. The van der Waals surface area contributed by atoms with Crippen LogP contribution in [0.15, 0.2) is 114 Å². The number of benzene rings is 6. The Morgan fingerprint density at radius 1 is 0.525 bits per heavy atom. The molecule has 0 aliphatic carbocycles. The van der Waals surface area contributed by atoms with Crippen molar-refractivity contribution in [1.29, 1.82) is 0 Å². The maximum Gasteiger partial charge on any atom is 0.297 e. The standard InChI is InChI=1S/C53H53BN2O3/c1-31-24-36(53(9,10)11)25-32(2)48(31)56-42-19-15-18-41-47(42)54(50-49(56)38-27-35(52(6,7)8)21-23-44(38)59-50)39-28-45-46(58-30-57-45)29-43(39)55(41)40-22-20-34(51(3,4)5)26-37(40)33-16-13-12-14-17-33/h12-29H,30H2,1-11H3. The second kappa shape index (κ2) is 12.8. The molecule has 0 radical (unpaired) electrons. The Bertz CT molecular complexity index is 2830. The van der Waals surface area contributed by atoms with Crippen LogP contribution < -0.4 is 35.9 Å². The number of hydrogen-bond donors (Lipinski definition) is 0. The molecule has 3 aliphatic heterocycles. The second-order valence-corrected chi connectivity index (χ2v) is 19.9. The molecule has 296 valence electrons. The molecular formula is C53H53BN2O3. The summed E-state index contributed by atoms with van der Waals surface area (Å²) in [6.07, 6.45) is 0. The van der Waals surface area contributed by atoms with Crippen molar-refractivity contribution in [1.82, 2.24) is 0 Å².